The Morgan fingerprint density at radius 2 is 2.00 bits per heavy atom. The van der Waals surface area contributed by atoms with E-state index in [9.17, 15) is 0 Å². The van der Waals surface area contributed by atoms with Crippen LogP contribution in [0.3, 0.4) is 0 Å². The Morgan fingerprint density at radius 3 is 2.61 bits per heavy atom. The van der Waals surface area contributed by atoms with Crippen LogP contribution in [0.1, 0.15) is 39.5 Å². The average molecular weight is 275 g/mol. The van der Waals surface area contributed by atoms with Crippen molar-refractivity contribution in [2.24, 2.45) is 0 Å². The highest BCUT2D eigenvalue weighted by Gasteiger charge is 2.23. The quantitative estimate of drug-likeness (QED) is 0.312. The minimum atomic E-state index is -1.03. The third kappa shape index (κ3) is 8.21. The van der Waals surface area contributed by atoms with E-state index in [2.05, 4.69) is 20.4 Å². The van der Waals surface area contributed by atoms with Crippen LogP contribution in [0.25, 0.3) is 0 Å². The number of hydrogen-bond donors (Lipinski definition) is 0. The summed E-state index contributed by atoms with van der Waals surface area (Å²) in [5.74, 6) is 0. The molecular weight excluding hydrogens is 248 g/mol. The van der Waals surface area contributed by atoms with E-state index in [1.807, 2.05) is 0 Å². The summed E-state index contributed by atoms with van der Waals surface area (Å²) in [6.07, 6.45) is 4.93. The first-order chi connectivity index (χ1) is 8.76. The lowest BCUT2D eigenvalue weighted by molar-refractivity contribution is 0.0309. The zero-order valence-corrected chi connectivity index (χ0v) is 12.9. The lowest BCUT2D eigenvalue weighted by atomic mass is 10.1. The van der Waals surface area contributed by atoms with Crippen molar-refractivity contribution in [2.45, 2.75) is 58.3 Å². The van der Waals surface area contributed by atoms with Gasteiger partial charge in [-0.25, -0.2) is 0 Å². The molecule has 1 rings (SSSR count). The molecule has 0 amide bonds. The van der Waals surface area contributed by atoms with Gasteiger partial charge in [0.05, 0.1) is 19.3 Å². The summed E-state index contributed by atoms with van der Waals surface area (Å²) in [5.41, 5.74) is 0. The molecule has 0 N–H and O–H groups in total. The Hall–Kier alpha value is 0.0569. The van der Waals surface area contributed by atoms with Gasteiger partial charge in [-0.15, -0.1) is 0 Å². The van der Waals surface area contributed by atoms with E-state index in [0.29, 0.717) is 12.2 Å². The molecule has 1 aliphatic rings. The molecule has 2 unspecified atom stereocenters. The molecular formula is C13H27O4Si. The highest BCUT2D eigenvalue weighted by molar-refractivity contribution is 6.42. The van der Waals surface area contributed by atoms with E-state index in [4.69, 9.17) is 18.3 Å². The van der Waals surface area contributed by atoms with E-state index >= 15 is 0 Å². The maximum absolute atomic E-state index is 5.78. The summed E-state index contributed by atoms with van der Waals surface area (Å²) in [6.45, 7) is 9.55. The normalized spacial score (nSPS) is 20.3. The van der Waals surface area contributed by atoms with E-state index in [1.54, 1.807) is 0 Å². The Balaban J connectivity index is 1.93. The second-order valence-corrected chi connectivity index (χ2v) is 6.21. The van der Waals surface area contributed by atoms with Crippen molar-refractivity contribution in [1.29, 1.82) is 0 Å². The molecule has 2 atom stereocenters. The Bertz CT molecular complexity index is 199. The fraction of sp³-hybridized carbons (Fsp3) is 1.00. The summed E-state index contributed by atoms with van der Waals surface area (Å²) in [4.78, 5) is 0. The van der Waals surface area contributed by atoms with Crippen LogP contribution in [0.15, 0.2) is 0 Å². The van der Waals surface area contributed by atoms with E-state index in [-0.39, 0.29) is 0 Å². The van der Waals surface area contributed by atoms with Gasteiger partial charge >= 0.3 is 9.28 Å². The summed E-state index contributed by atoms with van der Waals surface area (Å²) in [6, 6.07) is 0. The zero-order valence-electron chi connectivity index (χ0n) is 11.9. The van der Waals surface area contributed by atoms with Gasteiger partial charge in [-0.05, 0) is 32.2 Å². The monoisotopic (exact) mass is 275 g/mol. The average Bonchev–Trinajstić information content (AvgIpc) is 3.19. The van der Waals surface area contributed by atoms with Crippen LogP contribution in [-0.4, -0.2) is 47.9 Å². The molecule has 1 heterocycles. The van der Waals surface area contributed by atoms with E-state index < -0.39 is 9.28 Å². The first-order valence-corrected chi connectivity index (χ1v) is 8.90. The number of rotatable bonds is 12. The molecule has 1 fully saturated rings. The smallest absolute Gasteiger partial charge is 0.381 e. The molecule has 1 aliphatic heterocycles. The fourth-order valence-electron chi connectivity index (χ4n) is 1.63. The first kappa shape index (κ1) is 16.1. The highest BCUT2D eigenvalue weighted by atomic mass is 28.3. The second kappa shape index (κ2) is 9.92. The lowest BCUT2D eigenvalue weighted by Crippen LogP contribution is -2.21. The fourth-order valence-corrected chi connectivity index (χ4v) is 2.63. The van der Waals surface area contributed by atoms with E-state index in [1.165, 1.54) is 0 Å². The third-order valence-corrected chi connectivity index (χ3v) is 4.08. The van der Waals surface area contributed by atoms with Crippen LogP contribution in [0.5, 0.6) is 0 Å². The van der Waals surface area contributed by atoms with Crippen LogP contribution < -0.4 is 0 Å². The molecule has 0 aromatic heterocycles. The molecule has 18 heavy (non-hydrogen) atoms. The summed E-state index contributed by atoms with van der Waals surface area (Å²) < 4.78 is 22.1. The van der Waals surface area contributed by atoms with Gasteiger partial charge in [0.15, 0.2) is 0 Å². The number of epoxide rings is 1. The van der Waals surface area contributed by atoms with Gasteiger partial charge in [-0.1, -0.05) is 13.8 Å². The standard InChI is InChI=1S/C13H27O4Si/c1-4-8-16-18(3)17-9-6-7-12(5-2)14-10-13-11-15-13/h12-13H,4-11H2,1-3H3. The molecule has 0 spiro atoms. The Morgan fingerprint density at radius 1 is 1.28 bits per heavy atom. The molecule has 1 saturated heterocycles. The molecule has 0 aromatic carbocycles. The molecule has 1 radical (unpaired) electrons. The van der Waals surface area contributed by atoms with Crippen molar-refractivity contribution < 1.29 is 18.3 Å². The Labute approximate surface area is 113 Å². The van der Waals surface area contributed by atoms with Crippen LogP contribution in [0.2, 0.25) is 6.55 Å². The van der Waals surface area contributed by atoms with Crippen molar-refractivity contribution in [1.82, 2.24) is 0 Å². The first-order valence-electron chi connectivity index (χ1n) is 7.08. The molecule has 0 bridgehead atoms. The number of ether oxygens (including phenoxy) is 2. The van der Waals surface area contributed by atoms with Crippen molar-refractivity contribution in [3.05, 3.63) is 0 Å². The van der Waals surface area contributed by atoms with Crippen LogP contribution in [0.4, 0.5) is 0 Å². The lowest BCUT2D eigenvalue weighted by Gasteiger charge is -2.16. The molecule has 4 nitrogen and oxygen atoms in total. The van der Waals surface area contributed by atoms with Crippen molar-refractivity contribution in [2.75, 3.05) is 26.4 Å². The predicted octanol–water partition coefficient (Wildman–Crippen LogP) is 2.52. The summed E-state index contributed by atoms with van der Waals surface area (Å²) in [7, 11) is -1.03. The number of hydrogen-bond acceptors (Lipinski definition) is 4. The van der Waals surface area contributed by atoms with Crippen molar-refractivity contribution in [3.63, 3.8) is 0 Å². The van der Waals surface area contributed by atoms with Crippen molar-refractivity contribution >= 4 is 9.28 Å². The van der Waals surface area contributed by atoms with Crippen LogP contribution in [-0.2, 0) is 18.3 Å². The Kier molecular flexibility index (Phi) is 8.88. The van der Waals surface area contributed by atoms with Gasteiger partial charge in [0.2, 0.25) is 0 Å². The third-order valence-electron chi connectivity index (χ3n) is 2.86. The van der Waals surface area contributed by atoms with Gasteiger partial charge in [-0.3, -0.25) is 0 Å². The van der Waals surface area contributed by atoms with Gasteiger partial charge in [0, 0.05) is 13.2 Å². The summed E-state index contributed by atoms with van der Waals surface area (Å²) in [5, 5.41) is 0. The predicted molar refractivity (Wildman–Crippen MR) is 72.8 cm³/mol. The van der Waals surface area contributed by atoms with Gasteiger partial charge in [-0.2, -0.15) is 0 Å². The SMILES string of the molecule is CCCO[Si](C)OCCCC(CC)OCC1CO1. The van der Waals surface area contributed by atoms with E-state index in [0.717, 1.165) is 52.1 Å². The molecule has 5 heteroatoms. The molecule has 107 valence electrons. The molecule has 0 saturated carbocycles. The van der Waals surface area contributed by atoms with Crippen LogP contribution in [0, 0.1) is 0 Å². The van der Waals surface area contributed by atoms with Crippen LogP contribution >= 0.6 is 0 Å². The second-order valence-electron chi connectivity index (χ2n) is 4.65. The molecule has 0 aromatic rings. The van der Waals surface area contributed by atoms with Crippen molar-refractivity contribution in [3.8, 4) is 0 Å². The minimum Gasteiger partial charge on any atom is -0.394 e. The zero-order chi connectivity index (χ0) is 13.2. The highest BCUT2D eigenvalue weighted by Crippen LogP contribution is 2.13. The van der Waals surface area contributed by atoms with Gasteiger partial charge < -0.3 is 18.3 Å². The maximum atomic E-state index is 5.78. The van der Waals surface area contributed by atoms with Gasteiger partial charge in [0.1, 0.15) is 6.10 Å². The van der Waals surface area contributed by atoms with Gasteiger partial charge in [0.25, 0.3) is 0 Å². The maximum Gasteiger partial charge on any atom is 0.381 e. The minimum absolute atomic E-state index is 0.349. The largest absolute Gasteiger partial charge is 0.394 e. The topological polar surface area (TPSA) is 40.2 Å². The molecule has 0 aliphatic carbocycles. The summed E-state index contributed by atoms with van der Waals surface area (Å²) >= 11 is 0.